The van der Waals surface area contributed by atoms with Crippen molar-refractivity contribution in [3.63, 3.8) is 0 Å². The van der Waals surface area contributed by atoms with E-state index in [1.165, 1.54) is 6.07 Å². The molecule has 0 aliphatic heterocycles. The molecular weight excluding hydrogens is 404 g/mol. The summed E-state index contributed by atoms with van der Waals surface area (Å²) in [7, 11) is 1.73. The zero-order valence-corrected chi connectivity index (χ0v) is 17.5. The second kappa shape index (κ2) is 8.99. The van der Waals surface area contributed by atoms with E-state index >= 15 is 0 Å². The van der Waals surface area contributed by atoms with Gasteiger partial charge in [-0.15, -0.1) is 0 Å². The van der Waals surface area contributed by atoms with Gasteiger partial charge in [0, 0.05) is 25.0 Å². The molecule has 0 amide bonds. The molecule has 0 atom stereocenters. The fraction of sp³-hybridized carbons (Fsp3) is 0.125. The maximum absolute atomic E-state index is 9.23. The molecule has 0 saturated carbocycles. The van der Waals surface area contributed by atoms with Crippen molar-refractivity contribution < 1.29 is 9.47 Å². The van der Waals surface area contributed by atoms with Crippen molar-refractivity contribution in [3.05, 3.63) is 77.7 Å². The third-order valence-corrected chi connectivity index (χ3v) is 4.66. The highest BCUT2D eigenvalue weighted by Gasteiger charge is 2.21. The number of ether oxygens (including phenoxy) is 2. The molecule has 2 heterocycles. The number of aromatic nitrogens is 4. The van der Waals surface area contributed by atoms with E-state index in [0.717, 1.165) is 11.1 Å². The minimum Gasteiger partial charge on any atom is -0.450 e. The van der Waals surface area contributed by atoms with Crippen molar-refractivity contribution in [2.45, 2.75) is 13.3 Å². The minimum absolute atomic E-state index is 0.142. The molecular formula is C24H18N6O2. The fourth-order valence-corrected chi connectivity index (χ4v) is 3.13. The molecule has 0 aliphatic rings. The first-order chi connectivity index (χ1) is 15.6. The van der Waals surface area contributed by atoms with Gasteiger partial charge in [-0.1, -0.05) is 37.3 Å². The number of nitriles is 2. The van der Waals surface area contributed by atoms with Crippen molar-refractivity contribution in [1.29, 1.82) is 10.5 Å². The molecule has 8 nitrogen and oxygen atoms in total. The zero-order valence-electron chi connectivity index (χ0n) is 17.5. The molecule has 32 heavy (non-hydrogen) atoms. The second-order valence-electron chi connectivity index (χ2n) is 6.85. The van der Waals surface area contributed by atoms with Gasteiger partial charge in [-0.3, -0.25) is 0 Å². The highest BCUT2D eigenvalue weighted by Crippen LogP contribution is 2.37. The number of hydrogen-bond donors (Lipinski definition) is 0. The van der Waals surface area contributed by atoms with Crippen LogP contribution in [0.4, 0.5) is 0 Å². The molecule has 0 unspecified atom stereocenters. The fourth-order valence-electron chi connectivity index (χ4n) is 3.13. The Hall–Kier alpha value is -4.69. The van der Waals surface area contributed by atoms with E-state index in [9.17, 15) is 10.5 Å². The van der Waals surface area contributed by atoms with Gasteiger partial charge in [-0.2, -0.15) is 15.6 Å². The Morgan fingerprint density at radius 2 is 1.56 bits per heavy atom. The van der Waals surface area contributed by atoms with Gasteiger partial charge in [-0.05, 0) is 30.2 Å². The number of aryl methyl sites for hydroxylation is 2. The molecule has 4 aromatic rings. The largest absolute Gasteiger partial charge is 0.450 e. The Labute approximate surface area is 184 Å². The lowest BCUT2D eigenvalue weighted by atomic mass is 10.1. The smallest absolute Gasteiger partial charge is 0.323 e. The number of rotatable bonds is 6. The maximum atomic E-state index is 9.23. The van der Waals surface area contributed by atoms with E-state index < -0.39 is 0 Å². The summed E-state index contributed by atoms with van der Waals surface area (Å²) in [6.07, 6.45) is 3.96. The first-order valence-electron chi connectivity index (χ1n) is 9.85. The molecule has 0 bridgehead atoms. The standard InChI is InChI=1S/C24H18N6O2/c1-3-21-22(31-20-10-16(12-25)9-17(11-20)13-26)23(30(2)29-21)32-24-27-14-19(15-28-24)18-7-5-4-6-8-18/h4-11,14-15H,3H2,1-2H3. The molecule has 8 heteroatoms. The topological polar surface area (TPSA) is 110 Å². The van der Waals surface area contributed by atoms with Crippen LogP contribution in [0.3, 0.4) is 0 Å². The van der Waals surface area contributed by atoms with Crippen LogP contribution in [0, 0.1) is 22.7 Å². The first kappa shape index (κ1) is 20.6. The van der Waals surface area contributed by atoms with Crippen molar-refractivity contribution in [3.8, 4) is 46.7 Å². The van der Waals surface area contributed by atoms with E-state index in [2.05, 4.69) is 15.1 Å². The summed E-state index contributed by atoms with van der Waals surface area (Å²) >= 11 is 0. The van der Waals surface area contributed by atoms with Gasteiger partial charge in [0.15, 0.2) is 0 Å². The van der Waals surface area contributed by atoms with Gasteiger partial charge in [0.25, 0.3) is 5.88 Å². The van der Waals surface area contributed by atoms with Gasteiger partial charge >= 0.3 is 6.01 Å². The molecule has 0 spiro atoms. The second-order valence-corrected chi connectivity index (χ2v) is 6.85. The summed E-state index contributed by atoms with van der Waals surface area (Å²) in [4.78, 5) is 8.63. The molecule has 156 valence electrons. The number of nitrogens with zero attached hydrogens (tertiary/aromatic N) is 6. The predicted molar refractivity (Wildman–Crippen MR) is 116 cm³/mol. The average Bonchev–Trinajstić information content (AvgIpc) is 3.13. The van der Waals surface area contributed by atoms with Gasteiger partial charge in [0.05, 0.1) is 23.3 Å². The monoisotopic (exact) mass is 422 g/mol. The molecule has 0 fully saturated rings. The van der Waals surface area contributed by atoms with Crippen molar-refractivity contribution in [1.82, 2.24) is 19.7 Å². The van der Waals surface area contributed by atoms with Crippen molar-refractivity contribution in [2.24, 2.45) is 7.05 Å². The Morgan fingerprint density at radius 1 is 0.906 bits per heavy atom. The number of benzene rings is 2. The molecule has 4 rings (SSSR count). The van der Waals surface area contributed by atoms with Crippen LogP contribution in [0.5, 0.6) is 23.4 Å². The van der Waals surface area contributed by atoms with E-state index in [-0.39, 0.29) is 6.01 Å². The lowest BCUT2D eigenvalue weighted by Gasteiger charge is -2.10. The summed E-state index contributed by atoms with van der Waals surface area (Å²) < 4.78 is 13.5. The minimum atomic E-state index is 0.142. The summed E-state index contributed by atoms with van der Waals surface area (Å²) in [5, 5.41) is 22.9. The van der Waals surface area contributed by atoms with Crippen LogP contribution in [0.1, 0.15) is 23.7 Å². The Kier molecular flexibility index (Phi) is 5.78. The normalized spacial score (nSPS) is 10.2. The summed E-state index contributed by atoms with van der Waals surface area (Å²) in [6.45, 7) is 1.94. The summed E-state index contributed by atoms with van der Waals surface area (Å²) in [6, 6.07) is 18.6. The van der Waals surface area contributed by atoms with Gasteiger partial charge in [0.2, 0.25) is 5.75 Å². The molecule has 2 aromatic carbocycles. The van der Waals surface area contributed by atoms with E-state index in [0.29, 0.717) is 40.6 Å². The molecule has 2 aromatic heterocycles. The van der Waals surface area contributed by atoms with E-state index in [1.54, 1.807) is 36.3 Å². The summed E-state index contributed by atoms with van der Waals surface area (Å²) in [5.41, 5.74) is 3.17. The highest BCUT2D eigenvalue weighted by molar-refractivity contribution is 5.61. The third-order valence-electron chi connectivity index (χ3n) is 4.66. The average molecular weight is 422 g/mol. The lowest BCUT2D eigenvalue weighted by molar-refractivity contribution is 0.370. The molecule has 0 saturated heterocycles. The van der Waals surface area contributed by atoms with Crippen molar-refractivity contribution in [2.75, 3.05) is 0 Å². The maximum Gasteiger partial charge on any atom is 0.323 e. The van der Waals surface area contributed by atoms with Crippen LogP contribution >= 0.6 is 0 Å². The van der Waals surface area contributed by atoms with Crippen LogP contribution in [-0.2, 0) is 13.5 Å². The predicted octanol–water partition coefficient (Wildman–Crippen LogP) is 4.77. The van der Waals surface area contributed by atoms with Gasteiger partial charge in [0.1, 0.15) is 11.4 Å². The van der Waals surface area contributed by atoms with Crippen LogP contribution in [0.2, 0.25) is 0 Å². The molecule has 0 aliphatic carbocycles. The van der Waals surface area contributed by atoms with Crippen LogP contribution < -0.4 is 9.47 Å². The van der Waals surface area contributed by atoms with E-state index in [1.807, 2.05) is 49.4 Å². The Balaban J connectivity index is 1.65. The number of hydrogen-bond acceptors (Lipinski definition) is 7. The van der Waals surface area contributed by atoms with E-state index in [4.69, 9.17) is 9.47 Å². The molecule has 0 radical (unpaired) electrons. The Morgan fingerprint density at radius 3 is 2.16 bits per heavy atom. The molecule has 0 N–H and O–H groups in total. The first-order valence-corrected chi connectivity index (χ1v) is 9.85. The third kappa shape index (κ3) is 4.25. The lowest BCUT2D eigenvalue weighted by Crippen LogP contribution is -1.99. The van der Waals surface area contributed by atoms with Gasteiger partial charge < -0.3 is 9.47 Å². The van der Waals surface area contributed by atoms with Crippen LogP contribution in [-0.4, -0.2) is 19.7 Å². The zero-order chi connectivity index (χ0) is 22.5. The van der Waals surface area contributed by atoms with Crippen LogP contribution in [0.15, 0.2) is 60.9 Å². The van der Waals surface area contributed by atoms with Crippen molar-refractivity contribution >= 4 is 0 Å². The highest BCUT2D eigenvalue weighted by atomic mass is 16.5. The van der Waals surface area contributed by atoms with Gasteiger partial charge in [-0.25, -0.2) is 14.6 Å². The SMILES string of the molecule is CCc1nn(C)c(Oc2ncc(-c3ccccc3)cn2)c1Oc1cc(C#N)cc(C#N)c1. The Bertz CT molecular complexity index is 1300. The van der Waals surface area contributed by atoms with Crippen LogP contribution in [0.25, 0.3) is 11.1 Å². The summed E-state index contributed by atoms with van der Waals surface area (Å²) in [5.74, 6) is 1.04. The quantitative estimate of drug-likeness (QED) is 0.440.